The second-order valence-electron chi connectivity index (χ2n) is 5.63. The fourth-order valence-electron chi connectivity index (χ4n) is 2.79. The van der Waals surface area contributed by atoms with E-state index in [-0.39, 0.29) is 5.16 Å². The normalized spacial score (nSPS) is 12.0. The minimum Gasteiger partial charge on any atom is -0.251 e. The van der Waals surface area contributed by atoms with E-state index in [1.165, 1.54) is 0 Å². The molecule has 0 unspecified atom stereocenters. The molecule has 26 heavy (non-hydrogen) atoms. The molecule has 2 heterocycles. The van der Waals surface area contributed by atoms with E-state index in [1.807, 2.05) is 48.5 Å². The van der Waals surface area contributed by atoms with E-state index < -0.39 is 11.9 Å². The molecule has 0 radical (unpaired) electrons. The number of hydrogen-bond acceptors (Lipinski definition) is 4. The number of benzene rings is 2. The van der Waals surface area contributed by atoms with Crippen molar-refractivity contribution in [2.45, 2.75) is 17.1 Å². The van der Waals surface area contributed by atoms with Crippen molar-refractivity contribution >= 4 is 33.4 Å². The highest BCUT2D eigenvalue weighted by atomic mass is 32.2. The van der Waals surface area contributed by atoms with Crippen LogP contribution in [0.4, 0.5) is 13.2 Å². The summed E-state index contributed by atoms with van der Waals surface area (Å²) < 4.78 is 38.4. The lowest BCUT2D eigenvalue weighted by atomic mass is 10.0. The van der Waals surface area contributed by atoms with Crippen LogP contribution in [0.25, 0.3) is 21.7 Å². The SMILES string of the molecule is FC(F)(F)c1ccnc(SCc2nc3ccccc3c3ccccc23)n1. The number of fused-ring (bicyclic) bond motifs is 3. The van der Waals surface area contributed by atoms with Crippen molar-refractivity contribution in [3.05, 3.63) is 72.2 Å². The fraction of sp³-hybridized carbons (Fsp3) is 0.105. The van der Waals surface area contributed by atoms with Crippen LogP contribution >= 0.6 is 11.8 Å². The molecule has 4 rings (SSSR count). The first-order valence-electron chi connectivity index (χ1n) is 7.82. The second kappa shape index (κ2) is 6.57. The molecule has 0 saturated carbocycles. The molecule has 4 aromatic rings. The molecule has 2 aromatic carbocycles. The number of rotatable bonds is 3. The highest BCUT2D eigenvalue weighted by molar-refractivity contribution is 7.98. The molecule has 0 atom stereocenters. The quantitative estimate of drug-likeness (QED) is 0.271. The molecule has 0 aliphatic rings. The van der Waals surface area contributed by atoms with E-state index in [0.29, 0.717) is 5.75 Å². The Hall–Kier alpha value is -2.67. The Kier molecular flexibility index (Phi) is 4.24. The summed E-state index contributed by atoms with van der Waals surface area (Å²) in [6.45, 7) is 0. The van der Waals surface area contributed by atoms with Gasteiger partial charge in [-0.15, -0.1) is 0 Å². The Labute approximate surface area is 151 Å². The standard InChI is InChI=1S/C19H12F3N3S/c20-19(21,22)17-9-10-23-18(25-17)26-11-16-14-7-2-1-5-12(14)13-6-3-4-8-15(13)24-16/h1-10H,11H2. The first-order chi connectivity index (χ1) is 12.5. The van der Waals surface area contributed by atoms with Gasteiger partial charge in [0.15, 0.2) is 5.16 Å². The molecular weight excluding hydrogens is 359 g/mol. The Morgan fingerprint density at radius 2 is 1.50 bits per heavy atom. The van der Waals surface area contributed by atoms with Crippen molar-refractivity contribution in [1.29, 1.82) is 0 Å². The number of para-hydroxylation sites is 1. The number of aromatic nitrogens is 3. The second-order valence-corrected chi connectivity index (χ2v) is 6.57. The number of thioether (sulfide) groups is 1. The van der Waals surface area contributed by atoms with Crippen molar-refractivity contribution in [2.75, 3.05) is 0 Å². The van der Waals surface area contributed by atoms with Gasteiger partial charge >= 0.3 is 6.18 Å². The zero-order chi connectivity index (χ0) is 18.1. The van der Waals surface area contributed by atoms with Crippen LogP contribution in [-0.2, 0) is 11.9 Å². The third-order valence-corrected chi connectivity index (χ3v) is 4.82. The van der Waals surface area contributed by atoms with E-state index in [2.05, 4.69) is 9.97 Å². The van der Waals surface area contributed by atoms with Gasteiger partial charge in [0, 0.05) is 22.7 Å². The maximum Gasteiger partial charge on any atom is 0.433 e. The molecule has 0 aliphatic carbocycles. The molecule has 130 valence electrons. The molecule has 2 aromatic heterocycles. The molecule has 0 N–H and O–H groups in total. The summed E-state index contributed by atoms with van der Waals surface area (Å²) in [5.74, 6) is 0.382. The van der Waals surface area contributed by atoms with Gasteiger partial charge in [0.25, 0.3) is 0 Å². The van der Waals surface area contributed by atoms with Crippen LogP contribution in [0.2, 0.25) is 0 Å². The molecule has 7 heteroatoms. The van der Waals surface area contributed by atoms with Crippen LogP contribution in [0.1, 0.15) is 11.4 Å². The summed E-state index contributed by atoms with van der Waals surface area (Å²) >= 11 is 1.14. The first kappa shape index (κ1) is 16.8. The molecule has 0 amide bonds. The van der Waals surface area contributed by atoms with Gasteiger partial charge in [0.1, 0.15) is 5.69 Å². The largest absolute Gasteiger partial charge is 0.433 e. The first-order valence-corrected chi connectivity index (χ1v) is 8.80. The number of alkyl halides is 3. The Balaban J connectivity index is 1.71. The average Bonchev–Trinajstić information content (AvgIpc) is 2.66. The van der Waals surface area contributed by atoms with Gasteiger partial charge < -0.3 is 0 Å². The maximum absolute atomic E-state index is 12.8. The number of halogens is 3. The molecular formula is C19H12F3N3S. The average molecular weight is 371 g/mol. The van der Waals surface area contributed by atoms with Crippen molar-refractivity contribution in [2.24, 2.45) is 0 Å². The van der Waals surface area contributed by atoms with Crippen molar-refractivity contribution in [1.82, 2.24) is 15.0 Å². The Morgan fingerprint density at radius 1 is 0.808 bits per heavy atom. The van der Waals surface area contributed by atoms with E-state index in [1.54, 1.807) is 0 Å². The summed E-state index contributed by atoms with van der Waals surface area (Å²) in [7, 11) is 0. The highest BCUT2D eigenvalue weighted by Gasteiger charge is 2.32. The van der Waals surface area contributed by atoms with E-state index in [0.717, 1.165) is 51.4 Å². The van der Waals surface area contributed by atoms with Crippen LogP contribution in [0.15, 0.2) is 66.0 Å². The van der Waals surface area contributed by atoms with Crippen molar-refractivity contribution in [3.63, 3.8) is 0 Å². The lowest BCUT2D eigenvalue weighted by molar-refractivity contribution is -0.141. The molecule has 0 aliphatic heterocycles. The van der Waals surface area contributed by atoms with E-state index in [4.69, 9.17) is 4.98 Å². The lowest BCUT2D eigenvalue weighted by Crippen LogP contribution is -2.08. The van der Waals surface area contributed by atoms with Gasteiger partial charge in [-0.2, -0.15) is 13.2 Å². The molecule has 0 spiro atoms. The van der Waals surface area contributed by atoms with Crippen molar-refractivity contribution in [3.8, 4) is 0 Å². The van der Waals surface area contributed by atoms with Crippen LogP contribution < -0.4 is 0 Å². The molecule has 3 nitrogen and oxygen atoms in total. The Morgan fingerprint density at radius 3 is 2.27 bits per heavy atom. The zero-order valence-electron chi connectivity index (χ0n) is 13.4. The predicted octanol–water partition coefficient (Wildman–Crippen LogP) is 5.49. The van der Waals surface area contributed by atoms with E-state index in [9.17, 15) is 13.2 Å². The van der Waals surface area contributed by atoms with Crippen LogP contribution in [0.3, 0.4) is 0 Å². The van der Waals surface area contributed by atoms with Gasteiger partial charge in [-0.3, -0.25) is 4.98 Å². The Bertz CT molecular complexity index is 1100. The van der Waals surface area contributed by atoms with Crippen LogP contribution in [0.5, 0.6) is 0 Å². The van der Waals surface area contributed by atoms with Crippen LogP contribution in [-0.4, -0.2) is 15.0 Å². The summed E-state index contributed by atoms with van der Waals surface area (Å²) in [5, 5.41) is 3.18. The van der Waals surface area contributed by atoms with Gasteiger partial charge in [-0.1, -0.05) is 54.2 Å². The topological polar surface area (TPSA) is 38.7 Å². The summed E-state index contributed by atoms with van der Waals surface area (Å²) in [6.07, 6.45) is -3.35. The predicted molar refractivity (Wildman–Crippen MR) is 95.8 cm³/mol. The van der Waals surface area contributed by atoms with Crippen LogP contribution in [0, 0.1) is 0 Å². The zero-order valence-corrected chi connectivity index (χ0v) is 14.2. The van der Waals surface area contributed by atoms with E-state index >= 15 is 0 Å². The molecule has 0 bridgehead atoms. The van der Waals surface area contributed by atoms with Gasteiger partial charge in [-0.05, 0) is 17.5 Å². The fourth-order valence-corrected chi connectivity index (χ4v) is 3.57. The number of nitrogens with zero attached hydrogens (tertiary/aromatic N) is 3. The van der Waals surface area contributed by atoms with Crippen molar-refractivity contribution < 1.29 is 13.2 Å². The smallest absolute Gasteiger partial charge is 0.251 e. The van der Waals surface area contributed by atoms with Gasteiger partial charge in [0.2, 0.25) is 0 Å². The van der Waals surface area contributed by atoms with Gasteiger partial charge in [-0.25, -0.2) is 9.97 Å². The molecule has 0 fully saturated rings. The van der Waals surface area contributed by atoms with Gasteiger partial charge in [0.05, 0.1) is 11.2 Å². The molecule has 0 saturated heterocycles. The minimum atomic E-state index is -4.48. The number of pyridine rings is 1. The monoisotopic (exact) mass is 371 g/mol. The number of hydrogen-bond donors (Lipinski definition) is 0. The lowest BCUT2D eigenvalue weighted by Gasteiger charge is -2.10. The third kappa shape index (κ3) is 3.22. The summed E-state index contributed by atoms with van der Waals surface area (Å²) in [4.78, 5) is 12.2. The summed E-state index contributed by atoms with van der Waals surface area (Å²) in [6, 6.07) is 16.6. The summed E-state index contributed by atoms with van der Waals surface area (Å²) in [5.41, 5.74) is 0.711. The minimum absolute atomic E-state index is 0.0823. The maximum atomic E-state index is 12.8. The highest BCUT2D eigenvalue weighted by Crippen LogP contribution is 2.31. The third-order valence-electron chi connectivity index (χ3n) is 3.95.